The number of benzene rings is 1. The van der Waals surface area contributed by atoms with Gasteiger partial charge in [0.2, 0.25) is 11.8 Å². The van der Waals surface area contributed by atoms with Crippen LogP contribution in [0, 0.1) is 0 Å². The number of nitrogens with zero attached hydrogens (tertiary/aromatic N) is 2. The molecule has 1 aromatic heterocycles. The first-order valence-electron chi connectivity index (χ1n) is 6.87. The Hall–Kier alpha value is -1.53. The Labute approximate surface area is 138 Å². The van der Waals surface area contributed by atoms with E-state index < -0.39 is 0 Å². The molecule has 1 aromatic carbocycles. The summed E-state index contributed by atoms with van der Waals surface area (Å²) in [5.41, 5.74) is 0.559. The Morgan fingerprint density at radius 2 is 2.14 bits per heavy atom. The van der Waals surface area contributed by atoms with E-state index in [2.05, 4.69) is 15.5 Å². The molecule has 0 aliphatic heterocycles. The zero-order chi connectivity index (χ0) is 16.2. The molecule has 0 saturated heterocycles. The van der Waals surface area contributed by atoms with Gasteiger partial charge in [0.1, 0.15) is 0 Å². The van der Waals surface area contributed by atoms with E-state index in [9.17, 15) is 4.79 Å². The molecule has 0 fully saturated rings. The molecule has 1 amide bonds. The molecule has 0 aliphatic carbocycles. The minimum Gasteiger partial charge on any atom is -0.411 e. The molecule has 0 unspecified atom stereocenters. The number of thioether (sulfide) groups is 1. The van der Waals surface area contributed by atoms with E-state index in [0.29, 0.717) is 28.3 Å². The zero-order valence-corrected chi connectivity index (χ0v) is 14.3. The lowest BCUT2D eigenvalue weighted by Crippen LogP contribution is -2.40. The quantitative estimate of drug-likeness (QED) is 0.839. The SMILES string of the molecule is CC(C)(C)NC(=O)CCSc1nnc(-c2cccc(Cl)c2)o1. The number of nitrogens with one attached hydrogen (secondary N) is 1. The summed E-state index contributed by atoms with van der Waals surface area (Å²) in [4.78, 5) is 11.7. The smallest absolute Gasteiger partial charge is 0.276 e. The van der Waals surface area contributed by atoms with E-state index in [1.165, 1.54) is 11.8 Å². The molecule has 0 saturated carbocycles. The number of carbonyl (C=O) groups is 1. The van der Waals surface area contributed by atoms with Crippen LogP contribution in [0.25, 0.3) is 11.5 Å². The van der Waals surface area contributed by atoms with E-state index in [0.717, 1.165) is 5.56 Å². The van der Waals surface area contributed by atoms with Gasteiger partial charge in [0.05, 0.1) is 0 Å². The molecule has 7 heteroatoms. The first-order chi connectivity index (χ1) is 10.3. The number of amides is 1. The highest BCUT2D eigenvalue weighted by molar-refractivity contribution is 7.99. The van der Waals surface area contributed by atoms with Gasteiger partial charge in [-0.3, -0.25) is 4.79 Å². The van der Waals surface area contributed by atoms with Gasteiger partial charge in [-0.15, -0.1) is 10.2 Å². The molecule has 1 N–H and O–H groups in total. The van der Waals surface area contributed by atoms with Crippen molar-refractivity contribution in [3.05, 3.63) is 29.3 Å². The summed E-state index contributed by atoms with van der Waals surface area (Å²) >= 11 is 7.29. The van der Waals surface area contributed by atoms with E-state index in [-0.39, 0.29) is 11.4 Å². The van der Waals surface area contributed by atoms with Gasteiger partial charge in [0.25, 0.3) is 5.22 Å². The fourth-order valence-electron chi connectivity index (χ4n) is 1.72. The lowest BCUT2D eigenvalue weighted by atomic mass is 10.1. The van der Waals surface area contributed by atoms with Gasteiger partial charge in [-0.05, 0) is 39.0 Å². The molecule has 2 aromatic rings. The van der Waals surface area contributed by atoms with Crippen molar-refractivity contribution in [2.45, 2.75) is 38.0 Å². The van der Waals surface area contributed by atoms with Gasteiger partial charge >= 0.3 is 0 Å². The second-order valence-corrected chi connectivity index (χ2v) is 7.26. The van der Waals surface area contributed by atoms with Crippen LogP contribution in [-0.2, 0) is 4.79 Å². The van der Waals surface area contributed by atoms with Gasteiger partial charge in [0, 0.05) is 28.3 Å². The third-order valence-electron chi connectivity index (χ3n) is 2.55. The largest absolute Gasteiger partial charge is 0.411 e. The Bertz CT molecular complexity index is 652. The maximum absolute atomic E-state index is 11.7. The van der Waals surface area contributed by atoms with Crippen LogP contribution in [0.1, 0.15) is 27.2 Å². The van der Waals surface area contributed by atoms with E-state index in [4.69, 9.17) is 16.0 Å². The minimum atomic E-state index is -0.216. The lowest BCUT2D eigenvalue weighted by molar-refractivity contribution is -0.122. The fourth-order valence-corrected chi connectivity index (χ4v) is 2.61. The molecular formula is C15H18ClN3O2S. The summed E-state index contributed by atoms with van der Waals surface area (Å²) in [5.74, 6) is 1.01. The van der Waals surface area contributed by atoms with Crippen LogP contribution in [-0.4, -0.2) is 27.4 Å². The van der Waals surface area contributed by atoms with Gasteiger partial charge in [-0.1, -0.05) is 29.4 Å². The lowest BCUT2D eigenvalue weighted by Gasteiger charge is -2.20. The molecule has 0 radical (unpaired) electrons. The molecule has 5 nitrogen and oxygen atoms in total. The zero-order valence-electron chi connectivity index (χ0n) is 12.7. The number of hydrogen-bond donors (Lipinski definition) is 1. The number of rotatable bonds is 5. The maximum atomic E-state index is 11.7. The minimum absolute atomic E-state index is 0.00887. The molecule has 0 spiro atoms. The Kier molecular flexibility index (Phi) is 5.47. The summed E-state index contributed by atoms with van der Waals surface area (Å²) in [6, 6.07) is 7.22. The number of halogens is 1. The van der Waals surface area contributed by atoms with Gasteiger partial charge in [-0.25, -0.2) is 0 Å². The summed E-state index contributed by atoms with van der Waals surface area (Å²) in [6.07, 6.45) is 0.400. The normalized spacial score (nSPS) is 11.5. The maximum Gasteiger partial charge on any atom is 0.276 e. The van der Waals surface area contributed by atoms with Crippen LogP contribution in [0.5, 0.6) is 0 Å². The van der Waals surface area contributed by atoms with Crippen molar-refractivity contribution in [3.8, 4) is 11.5 Å². The Morgan fingerprint density at radius 1 is 1.36 bits per heavy atom. The summed E-state index contributed by atoms with van der Waals surface area (Å²) in [7, 11) is 0. The van der Waals surface area contributed by atoms with Crippen LogP contribution < -0.4 is 5.32 Å². The van der Waals surface area contributed by atoms with Gasteiger partial charge in [-0.2, -0.15) is 0 Å². The molecule has 0 aliphatic rings. The molecule has 118 valence electrons. The van der Waals surface area contributed by atoms with Crippen molar-refractivity contribution < 1.29 is 9.21 Å². The van der Waals surface area contributed by atoms with Crippen molar-refractivity contribution in [2.24, 2.45) is 0 Å². The molecule has 1 heterocycles. The topological polar surface area (TPSA) is 68.0 Å². The van der Waals surface area contributed by atoms with Crippen LogP contribution >= 0.6 is 23.4 Å². The summed E-state index contributed by atoms with van der Waals surface area (Å²) < 4.78 is 5.56. The van der Waals surface area contributed by atoms with Crippen LogP contribution in [0.2, 0.25) is 5.02 Å². The predicted octanol–water partition coefficient (Wildman–Crippen LogP) is 3.79. The second kappa shape index (κ2) is 7.15. The summed E-state index contributed by atoms with van der Waals surface area (Å²) in [6.45, 7) is 5.86. The van der Waals surface area contributed by atoms with Crippen molar-refractivity contribution >= 4 is 29.3 Å². The standard InChI is InChI=1S/C15H18ClN3O2S/c1-15(2,3)17-12(20)7-8-22-14-19-18-13(21-14)10-5-4-6-11(16)9-10/h4-6,9H,7-8H2,1-3H3,(H,17,20). The predicted molar refractivity (Wildman–Crippen MR) is 88.0 cm³/mol. The first kappa shape index (κ1) is 16.8. The molecule has 22 heavy (non-hydrogen) atoms. The Balaban J connectivity index is 1.87. The molecular weight excluding hydrogens is 322 g/mol. The second-order valence-electron chi connectivity index (χ2n) is 5.78. The van der Waals surface area contributed by atoms with E-state index in [1.54, 1.807) is 12.1 Å². The number of hydrogen-bond acceptors (Lipinski definition) is 5. The van der Waals surface area contributed by atoms with Gasteiger partial charge < -0.3 is 9.73 Å². The third-order valence-corrected chi connectivity index (χ3v) is 3.60. The van der Waals surface area contributed by atoms with Crippen LogP contribution in [0.3, 0.4) is 0 Å². The molecule has 2 rings (SSSR count). The van der Waals surface area contributed by atoms with Crippen molar-refractivity contribution in [1.29, 1.82) is 0 Å². The highest BCUT2D eigenvalue weighted by Crippen LogP contribution is 2.25. The van der Waals surface area contributed by atoms with Crippen LogP contribution in [0.4, 0.5) is 0 Å². The van der Waals surface area contributed by atoms with Gasteiger partial charge in [0.15, 0.2) is 0 Å². The van der Waals surface area contributed by atoms with Crippen LogP contribution in [0.15, 0.2) is 33.9 Å². The highest BCUT2D eigenvalue weighted by Gasteiger charge is 2.14. The number of carbonyl (C=O) groups excluding carboxylic acids is 1. The molecule has 0 atom stereocenters. The van der Waals surface area contributed by atoms with E-state index >= 15 is 0 Å². The van der Waals surface area contributed by atoms with Crippen molar-refractivity contribution in [1.82, 2.24) is 15.5 Å². The molecule has 0 bridgehead atoms. The Morgan fingerprint density at radius 3 is 2.82 bits per heavy atom. The number of aromatic nitrogens is 2. The summed E-state index contributed by atoms with van der Waals surface area (Å²) in [5, 5.41) is 11.9. The fraction of sp³-hybridized carbons (Fsp3) is 0.400. The first-order valence-corrected chi connectivity index (χ1v) is 8.23. The van der Waals surface area contributed by atoms with E-state index in [1.807, 2.05) is 32.9 Å². The third kappa shape index (κ3) is 5.35. The monoisotopic (exact) mass is 339 g/mol. The average Bonchev–Trinajstić information content (AvgIpc) is 2.85. The highest BCUT2D eigenvalue weighted by atomic mass is 35.5. The average molecular weight is 340 g/mol. The van der Waals surface area contributed by atoms with Crippen molar-refractivity contribution in [2.75, 3.05) is 5.75 Å². The van der Waals surface area contributed by atoms with Crippen molar-refractivity contribution in [3.63, 3.8) is 0 Å².